The van der Waals surface area contributed by atoms with Crippen molar-refractivity contribution in [1.82, 2.24) is 9.55 Å². The zero-order chi connectivity index (χ0) is 13.3. The zero-order valence-electron chi connectivity index (χ0n) is 9.38. The first-order valence-electron chi connectivity index (χ1n) is 5.02. The first kappa shape index (κ1) is 12.6. The van der Waals surface area contributed by atoms with E-state index in [-0.39, 0.29) is 17.9 Å². The van der Waals surface area contributed by atoms with Crippen LogP contribution in [0, 0.1) is 6.92 Å². The predicted molar refractivity (Wildman–Crippen MR) is 65.7 cm³/mol. The van der Waals surface area contributed by atoms with Gasteiger partial charge in [0.2, 0.25) is 5.76 Å². The lowest BCUT2D eigenvalue weighted by molar-refractivity contribution is 0.0660. The van der Waals surface area contributed by atoms with Crippen LogP contribution in [-0.4, -0.2) is 20.6 Å². The van der Waals surface area contributed by atoms with Crippen LogP contribution < -0.4 is 5.56 Å². The molecule has 2 aromatic rings. The molecule has 0 saturated heterocycles. The summed E-state index contributed by atoms with van der Waals surface area (Å²) in [7, 11) is 0. The molecule has 0 fully saturated rings. The Kier molecular flexibility index (Phi) is 3.33. The topological polar surface area (TPSA) is 85.3 Å². The molecule has 0 saturated carbocycles. The minimum Gasteiger partial charge on any atom is -0.475 e. The van der Waals surface area contributed by atoms with Crippen LogP contribution in [0.2, 0.25) is 0 Å². The van der Waals surface area contributed by atoms with Crippen molar-refractivity contribution >= 4 is 21.9 Å². The van der Waals surface area contributed by atoms with E-state index in [4.69, 9.17) is 9.52 Å². The van der Waals surface area contributed by atoms with Gasteiger partial charge in [0.25, 0.3) is 5.56 Å². The van der Waals surface area contributed by atoms with Crippen molar-refractivity contribution in [2.24, 2.45) is 0 Å². The fourth-order valence-electron chi connectivity index (χ4n) is 1.56. The van der Waals surface area contributed by atoms with Crippen molar-refractivity contribution in [3.8, 4) is 0 Å². The number of carboxylic acid groups (broad SMARTS) is 1. The number of aromatic nitrogens is 2. The first-order valence-corrected chi connectivity index (χ1v) is 5.81. The third-order valence-electron chi connectivity index (χ3n) is 2.47. The number of hydrogen-bond donors (Lipinski definition) is 1. The number of halogens is 1. The second kappa shape index (κ2) is 4.77. The van der Waals surface area contributed by atoms with Crippen molar-refractivity contribution < 1.29 is 14.3 Å². The third-order valence-corrected chi connectivity index (χ3v) is 3.02. The molecule has 0 aromatic carbocycles. The Labute approximate surface area is 110 Å². The molecule has 0 aliphatic carbocycles. The second-order valence-electron chi connectivity index (χ2n) is 3.62. The molecule has 0 bridgehead atoms. The van der Waals surface area contributed by atoms with Crippen LogP contribution >= 0.6 is 15.9 Å². The summed E-state index contributed by atoms with van der Waals surface area (Å²) in [6.45, 7) is 1.78. The van der Waals surface area contributed by atoms with Gasteiger partial charge in [0.05, 0.1) is 12.8 Å². The highest BCUT2D eigenvalue weighted by Gasteiger charge is 2.16. The first-order chi connectivity index (χ1) is 8.50. The van der Waals surface area contributed by atoms with Gasteiger partial charge in [-0.3, -0.25) is 9.36 Å². The maximum absolute atomic E-state index is 11.9. The summed E-state index contributed by atoms with van der Waals surface area (Å²) in [5.41, 5.74) is 0.160. The van der Waals surface area contributed by atoms with Crippen LogP contribution in [-0.2, 0) is 6.54 Å². The molecule has 94 valence electrons. The van der Waals surface area contributed by atoms with Crippen molar-refractivity contribution in [3.63, 3.8) is 0 Å². The molecule has 2 heterocycles. The Bertz CT molecular complexity index is 659. The normalized spacial score (nSPS) is 10.6. The summed E-state index contributed by atoms with van der Waals surface area (Å²) in [5, 5.41) is 8.92. The van der Waals surface area contributed by atoms with Crippen LogP contribution in [0.4, 0.5) is 0 Å². The van der Waals surface area contributed by atoms with Crippen molar-refractivity contribution in [2.45, 2.75) is 13.5 Å². The van der Waals surface area contributed by atoms with E-state index in [1.54, 1.807) is 6.92 Å². The van der Waals surface area contributed by atoms with E-state index in [0.717, 1.165) is 0 Å². The molecular formula is C11H9BrN2O4. The molecule has 2 rings (SSSR count). The van der Waals surface area contributed by atoms with E-state index in [0.29, 0.717) is 15.9 Å². The van der Waals surface area contributed by atoms with E-state index in [2.05, 4.69) is 20.9 Å². The quantitative estimate of drug-likeness (QED) is 0.931. The van der Waals surface area contributed by atoms with Gasteiger partial charge in [-0.25, -0.2) is 9.78 Å². The largest absolute Gasteiger partial charge is 0.475 e. The molecule has 0 radical (unpaired) electrons. The monoisotopic (exact) mass is 312 g/mol. The van der Waals surface area contributed by atoms with Crippen molar-refractivity contribution in [2.75, 3.05) is 0 Å². The lowest BCUT2D eigenvalue weighted by Crippen LogP contribution is -2.25. The van der Waals surface area contributed by atoms with Gasteiger partial charge >= 0.3 is 5.97 Å². The summed E-state index contributed by atoms with van der Waals surface area (Å²) in [6.07, 6.45) is 2.70. The Hall–Kier alpha value is -1.89. The van der Waals surface area contributed by atoms with Gasteiger partial charge in [-0.2, -0.15) is 0 Å². The SMILES string of the molecule is Cc1ncc(Br)c(=O)n1Cc1ccoc1C(=O)O. The molecule has 0 unspecified atom stereocenters. The maximum atomic E-state index is 11.9. The summed E-state index contributed by atoms with van der Waals surface area (Å²) in [4.78, 5) is 26.8. The minimum atomic E-state index is -1.16. The Morgan fingerprint density at radius 1 is 1.61 bits per heavy atom. The highest BCUT2D eigenvalue weighted by Crippen LogP contribution is 2.12. The Morgan fingerprint density at radius 2 is 2.33 bits per heavy atom. The predicted octanol–water partition coefficient (Wildman–Crippen LogP) is 1.65. The molecule has 1 N–H and O–H groups in total. The smallest absolute Gasteiger partial charge is 0.372 e. The number of aryl methyl sites for hydroxylation is 1. The number of carbonyl (C=O) groups is 1. The lowest BCUT2D eigenvalue weighted by Gasteiger charge is -2.08. The van der Waals surface area contributed by atoms with E-state index in [1.807, 2.05) is 0 Å². The minimum absolute atomic E-state index is 0.106. The average Bonchev–Trinajstić information content (AvgIpc) is 2.78. The number of aromatic carboxylic acids is 1. The summed E-state index contributed by atoms with van der Waals surface area (Å²) in [6, 6.07) is 1.52. The fraction of sp³-hybridized carbons (Fsp3) is 0.182. The molecule has 0 atom stereocenters. The number of rotatable bonds is 3. The molecule has 6 nitrogen and oxygen atoms in total. The van der Waals surface area contributed by atoms with Crippen molar-refractivity contribution in [1.29, 1.82) is 0 Å². The fourth-order valence-corrected chi connectivity index (χ4v) is 1.87. The number of nitrogens with zero attached hydrogens (tertiary/aromatic N) is 2. The molecular weight excluding hydrogens is 304 g/mol. The van der Waals surface area contributed by atoms with Crippen LogP contribution in [0.15, 0.2) is 32.2 Å². The van der Waals surface area contributed by atoms with E-state index >= 15 is 0 Å². The van der Waals surface area contributed by atoms with Crippen LogP contribution in [0.5, 0.6) is 0 Å². The van der Waals surface area contributed by atoms with Gasteiger partial charge in [-0.05, 0) is 28.9 Å². The van der Waals surface area contributed by atoms with Crippen molar-refractivity contribution in [3.05, 3.63) is 50.5 Å². The highest BCUT2D eigenvalue weighted by atomic mass is 79.9. The van der Waals surface area contributed by atoms with E-state index in [9.17, 15) is 9.59 Å². The number of furan rings is 1. The molecule has 0 amide bonds. The van der Waals surface area contributed by atoms with Gasteiger partial charge in [0.1, 0.15) is 10.3 Å². The second-order valence-corrected chi connectivity index (χ2v) is 4.48. The van der Waals surface area contributed by atoms with Crippen LogP contribution in [0.1, 0.15) is 21.9 Å². The van der Waals surface area contributed by atoms with Crippen LogP contribution in [0.25, 0.3) is 0 Å². The van der Waals surface area contributed by atoms with Crippen LogP contribution in [0.3, 0.4) is 0 Å². The summed E-state index contributed by atoms with van der Waals surface area (Å²) >= 11 is 3.10. The number of carboxylic acids is 1. The number of hydrogen-bond acceptors (Lipinski definition) is 4. The van der Waals surface area contributed by atoms with E-state index < -0.39 is 5.97 Å². The average molecular weight is 313 g/mol. The van der Waals surface area contributed by atoms with E-state index in [1.165, 1.54) is 23.1 Å². The molecule has 2 aromatic heterocycles. The van der Waals surface area contributed by atoms with Gasteiger partial charge in [-0.15, -0.1) is 0 Å². The standard InChI is InChI=1S/C11H9BrN2O4/c1-6-13-4-8(12)10(15)14(6)5-7-2-3-18-9(7)11(16)17/h2-4H,5H2,1H3,(H,16,17). The molecule has 0 spiro atoms. The summed E-state index contributed by atoms with van der Waals surface area (Å²) < 4.78 is 6.56. The zero-order valence-corrected chi connectivity index (χ0v) is 11.0. The molecule has 18 heavy (non-hydrogen) atoms. The molecule has 0 aliphatic heterocycles. The van der Waals surface area contributed by atoms with Gasteiger partial charge in [0.15, 0.2) is 0 Å². The Morgan fingerprint density at radius 3 is 3.00 bits per heavy atom. The third kappa shape index (κ3) is 2.21. The lowest BCUT2D eigenvalue weighted by atomic mass is 10.2. The molecule has 7 heteroatoms. The highest BCUT2D eigenvalue weighted by molar-refractivity contribution is 9.10. The summed E-state index contributed by atoms with van der Waals surface area (Å²) in [5.74, 6) is -0.828. The Balaban J connectivity index is 2.47. The van der Waals surface area contributed by atoms with Gasteiger partial charge in [0, 0.05) is 11.8 Å². The van der Waals surface area contributed by atoms with Gasteiger partial charge < -0.3 is 9.52 Å². The van der Waals surface area contributed by atoms with Gasteiger partial charge in [-0.1, -0.05) is 0 Å². The maximum Gasteiger partial charge on any atom is 0.372 e. The molecule has 0 aliphatic rings.